The highest BCUT2D eigenvalue weighted by atomic mass is 32.2. The second-order valence-corrected chi connectivity index (χ2v) is 6.07. The van der Waals surface area contributed by atoms with Crippen molar-refractivity contribution in [2.75, 3.05) is 13.1 Å². The quantitative estimate of drug-likeness (QED) is 0.617. The third-order valence-corrected chi connectivity index (χ3v) is 4.29. The van der Waals surface area contributed by atoms with E-state index >= 15 is 0 Å². The monoisotopic (exact) mass is 233 g/mol. The van der Waals surface area contributed by atoms with Crippen molar-refractivity contribution in [2.24, 2.45) is 5.92 Å². The molecule has 15 heavy (non-hydrogen) atoms. The Balaban J connectivity index is 1.88. The fraction of sp³-hybridized carbons (Fsp3) is 1.00. The number of hydrogen-bond acceptors (Lipinski definition) is 3. The molecule has 0 amide bonds. The summed E-state index contributed by atoms with van der Waals surface area (Å²) in [6.45, 7) is 3.80. The van der Waals surface area contributed by atoms with Crippen molar-refractivity contribution in [3.63, 3.8) is 0 Å². The normalized spacial score (nSPS) is 32.9. The molecule has 1 heterocycles. The Morgan fingerprint density at radius 2 is 1.93 bits per heavy atom. The van der Waals surface area contributed by atoms with Gasteiger partial charge in [-0.15, -0.1) is 0 Å². The lowest BCUT2D eigenvalue weighted by molar-refractivity contribution is 0.326. The summed E-state index contributed by atoms with van der Waals surface area (Å²) < 4.78 is 28.6. The predicted molar refractivity (Wildman–Crippen MR) is 58.7 cm³/mol. The van der Waals surface area contributed by atoms with Crippen molar-refractivity contribution < 1.29 is 8.42 Å². The molecule has 0 aromatic heterocycles. The molecule has 3 N–H and O–H groups in total. The van der Waals surface area contributed by atoms with Gasteiger partial charge in [0, 0.05) is 18.6 Å². The Morgan fingerprint density at radius 3 is 2.53 bits per heavy atom. The van der Waals surface area contributed by atoms with Crippen LogP contribution in [0.3, 0.4) is 0 Å². The SMILES string of the molecule is CC1CCNCC1NS(=O)(=O)NC1CC1. The lowest BCUT2D eigenvalue weighted by Crippen LogP contribution is -2.53. The molecular formula is C9H19N3O2S. The zero-order valence-corrected chi connectivity index (χ0v) is 9.81. The standard InChI is InChI=1S/C9H19N3O2S/c1-7-4-5-10-6-9(7)12-15(13,14)11-8-2-3-8/h7-12H,2-6H2,1H3. The zero-order valence-electron chi connectivity index (χ0n) is 8.99. The van der Waals surface area contributed by atoms with Crippen LogP contribution in [-0.4, -0.2) is 33.6 Å². The molecule has 0 bridgehead atoms. The lowest BCUT2D eigenvalue weighted by atomic mass is 9.96. The van der Waals surface area contributed by atoms with Gasteiger partial charge in [-0.1, -0.05) is 6.92 Å². The smallest absolute Gasteiger partial charge is 0.277 e. The average molecular weight is 233 g/mol. The maximum atomic E-state index is 11.6. The first-order valence-electron chi connectivity index (χ1n) is 5.57. The van der Waals surface area contributed by atoms with Crippen molar-refractivity contribution in [3.05, 3.63) is 0 Å². The summed E-state index contributed by atoms with van der Waals surface area (Å²) in [7, 11) is -3.29. The second-order valence-electron chi connectivity index (χ2n) is 4.59. The highest BCUT2D eigenvalue weighted by molar-refractivity contribution is 7.87. The Bertz CT molecular complexity index is 313. The summed E-state index contributed by atoms with van der Waals surface area (Å²) >= 11 is 0. The van der Waals surface area contributed by atoms with Crippen LogP contribution < -0.4 is 14.8 Å². The topological polar surface area (TPSA) is 70.2 Å². The van der Waals surface area contributed by atoms with Crippen LogP contribution in [0.2, 0.25) is 0 Å². The van der Waals surface area contributed by atoms with E-state index in [-0.39, 0.29) is 12.1 Å². The molecule has 2 rings (SSSR count). The van der Waals surface area contributed by atoms with Crippen LogP contribution >= 0.6 is 0 Å². The number of hydrogen-bond donors (Lipinski definition) is 3. The molecule has 5 nitrogen and oxygen atoms in total. The van der Waals surface area contributed by atoms with E-state index in [0.29, 0.717) is 5.92 Å². The predicted octanol–water partition coefficient (Wildman–Crippen LogP) is -0.429. The van der Waals surface area contributed by atoms with E-state index in [1.165, 1.54) is 0 Å². The van der Waals surface area contributed by atoms with Crippen molar-refractivity contribution in [3.8, 4) is 0 Å². The Hall–Kier alpha value is -0.170. The molecular weight excluding hydrogens is 214 g/mol. The van der Waals surface area contributed by atoms with Gasteiger partial charge in [0.15, 0.2) is 0 Å². The summed E-state index contributed by atoms with van der Waals surface area (Å²) in [6.07, 6.45) is 2.97. The molecule has 2 atom stereocenters. The molecule has 1 aliphatic carbocycles. The van der Waals surface area contributed by atoms with Crippen LogP contribution in [0, 0.1) is 5.92 Å². The van der Waals surface area contributed by atoms with Crippen molar-refractivity contribution in [1.82, 2.24) is 14.8 Å². The van der Waals surface area contributed by atoms with Gasteiger partial charge in [-0.2, -0.15) is 17.9 Å². The van der Waals surface area contributed by atoms with E-state index in [1.54, 1.807) is 0 Å². The first-order chi connectivity index (χ1) is 7.07. The van der Waals surface area contributed by atoms with Crippen molar-refractivity contribution >= 4 is 10.2 Å². The van der Waals surface area contributed by atoms with Crippen LogP contribution in [0.1, 0.15) is 26.2 Å². The first kappa shape index (κ1) is 11.3. The maximum Gasteiger partial charge on any atom is 0.277 e. The summed E-state index contributed by atoms with van der Waals surface area (Å²) in [4.78, 5) is 0. The maximum absolute atomic E-state index is 11.6. The van der Waals surface area contributed by atoms with E-state index in [2.05, 4.69) is 21.7 Å². The highest BCUT2D eigenvalue weighted by Crippen LogP contribution is 2.20. The molecule has 1 saturated carbocycles. The molecule has 0 aromatic rings. The van der Waals surface area contributed by atoms with Crippen LogP contribution in [-0.2, 0) is 10.2 Å². The number of rotatable bonds is 4. The Labute approximate surface area is 91.2 Å². The lowest BCUT2D eigenvalue weighted by Gasteiger charge is -2.29. The van der Waals surface area contributed by atoms with E-state index in [1.807, 2.05) is 0 Å². The van der Waals surface area contributed by atoms with Gasteiger partial charge in [0.2, 0.25) is 0 Å². The number of piperidine rings is 1. The summed E-state index contributed by atoms with van der Waals surface area (Å²) in [6, 6.07) is 0.198. The fourth-order valence-corrected chi connectivity index (χ4v) is 3.26. The van der Waals surface area contributed by atoms with Gasteiger partial charge >= 0.3 is 0 Å². The summed E-state index contributed by atoms with van der Waals surface area (Å²) in [5, 5.41) is 3.20. The Kier molecular flexibility index (Phi) is 3.30. The van der Waals surface area contributed by atoms with E-state index in [0.717, 1.165) is 32.4 Å². The molecule has 2 fully saturated rings. The molecule has 1 aliphatic heterocycles. The molecule has 88 valence electrons. The van der Waals surface area contributed by atoms with Crippen LogP contribution in [0.4, 0.5) is 0 Å². The van der Waals surface area contributed by atoms with Gasteiger partial charge in [-0.3, -0.25) is 0 Å². The van der Waals surface area contributed by atoms with Gasteiger partial charge in [0.05, 0.1) is 0 Å². The fourth-order valence-electron chi connectivity index (χ4n) is 1.80. The number of nitrogens with one attached hydrogen (secondary N) is 3. The molecule has 0 radical (unpaired) electrons. The largest absolute Gasteiger partial charge is 0.315 e. The molecule has 0 aromatic carbocycles. The van der Waals surface area contributed by atoms with E-state index in [4.69, 9.17) is 0 Å². The Morgan fingerprint density at radius 1 is 1.20 bits per heavy atom. The van der Waals surface area contributed by atoms with Crippen LogP contribution in [0.15, 0.2) is 0 Å². The van der Waals surface area contributed by atoms with E-state index in [9.17, 15) is 8.42 Å². The third-order valence-electron chi connectivity index (χ3n) is 3.03. The molecule has 2 unspecified atom stereocenters. The van der Waals surface area contributed by atoms with Gasteiger partial charge in [0.1, 0.15) is 0 Å². The zero-order chi connectivity index (χ0) is 10.9. The average Bonchev–Trinajstić information content (AvgIpc) is 2.91. The van der Waals surface area contributed by atoms with Crippen molar-refractivity contribution in [2.45, 2.75) is 38.3 Å². The van der Waals surface area contributed by atoms with Gasteiger partial charge in [-0.05, 0) is 31.7 Å². The van der Waals surface area contributed by atoms with Crippen LogP contribution in [0.5, 0.6) is 0 Å². The minimum atomic E-state index is -3.29. The van der Waals surface area contributed by atoms with Crippen LogP contribution in [0.25, 0.3) is 0 Å². The molecule has 0 spiro atoms. The first-order valence-corrected chi connectivity index (χ1v) is 7.05. The van der Waals surface area contributed by atoms with Gasteiger partial charge in [0.25, 0.3) is 10.2 Å². The summed E-state index contributed by atoms with van der Waals surface area (Å²) in [5.41, 5.74) is 0. The van der Waals surface area contributed by atoms with E-state index < -0.39 is 10.2 Å². The summed E-state index contributed by atoms with van der Waals surface area (Å²) in [5.74, 6) is 0.405. The molecule has 2 aliphatic rings. The highest BCUT2D eigenvalue weighted by Gasteiger charge is 2.30. The second kappa shape index (κ2) is 4.37. The van der Waals surface area contributed by atoms with Gasteiger partial charge in [-0.25, -0.2) is 0 Å². The third kappa shape index (κ3) is 3.41. The molecule has 6 heteroatoms. The van der Waals surface area contributed by atoms with Gasteiger partial charge < -0.3 is 5.32 Å². The van der Waals surface area contributed by atoms with Crippen molar-refractivity contribution in [1.29, 1.82) is 0 Å². The molecule has 1 saturated heterocycles. The minimum absolute atomic E-state index is 0.0231. The minimum Gasteiger partial charge on any atom is -0.315 e.